The van der Waals surface area contributed by atoms with E-state index in [2.05, 4.69) is 28.2 Å². The van der Waals surface area contributed by atoms with Crippen molar-refractivity contribution in [2.45, 2.75) is 13.3 Å². The first-order chi connectivity index (χ1) is 9.61. The minimum absolute atomic E-state index is 0.597. The minimum atomic E-state index is 0.597. The van der Waals surface area contributed by atoms with Crippen LogP contribution >= 0.6 is 27.5 Å². The average Bonchev–Trinajstić information content (AvgIpc) is 2.44. The second-order valence-corrected chi connectivity index (χ2v) is 5.58. The molecule has 0 aliphatic heterocycles. The summed E-state index contributed by atoms with van der Waals surface area (Å²) < 4.78 is 6.47. The summed E-state index contributed by atoms with van der Waals surface area (Å²) in [5, 5.41) is 3.89. The molecule has 3 N–H and O–H groups in total. The maximum atomic E-state index is 6.11. The van der Waals surface area contributed by atoms with Gasteiger partial charge in [-0.1, -0.05) is 24.6 Å². The summed E-state index contributed by atoms with van der Waals surface area (Å²) >= 11 is 9.44. The third-order valence-corrected chi connectivity index (χ3v) is 3.96. The van der Waals surface area contributed by atoms with Gasteiger partial charge in [-0.05, 0) is 52.7 Å². The van der Waals surface area contributed by atoms with Crippen molar-refractivity contribution >= 4 is 44.6 Å². The van der Waals surface area contributed by atoms with Crippen LogP contribution in [0.5, 0.6) is 5.75 Å². The SMILES string of the molecule is CCCOc1cccc(Nc2ccc(Br)c(Cl)c2)c1N. The number of halogens is 2. The van der Waals surface area contributed by atoms with Crippen molar-refractivity contribution in [3.05, 3.63) is 45.9 Å². The lowest BCUT2D eigenvalue weighted by atomic mass is 10.2. The maximum Gasteiger partial charge on any atom is 0.144 e. The lowest BCUT2D eigenvalue weighted by molar-refractivity contribution is 0.319. The van der Waals surface area contributed by atoms with Gasteiger partial charge in [0.15, 0.2) is 0 Å². The Labute approximate surface area is 132 Å². The summed E-state index contributed by atoms with van der Waals surface area (Å²) in [5.74, 6) is 0.694. The molecule has 0 radical (unpaired) electrons. The van der Waals surface area contributed by atoms with E-state index in [1.807, 2.05) is 36.4 Å². The molecule has 0 amide bonds. The van der Waals surface area contributed by atoms with Crippen molar-refractivity contribution in [1.82, 2.24) is 0 Å². The van der Waals surface area contributed by atoms with Gasteiger partial charge in [-0.15, -0.1) is 0 Å². The Balaban J connectivity index is 2.22. The largest absolute Gasteiger partial charge is 0.491 e. The van der Waals surface area contributed by atoms with E-state index >= 15 is 0 Å². The van der Waals surface area contributed by atoms with Crippen molar-refractivity contribution in [1.29, 1.82) is 0 Å². The zero-order chi connectivity index (χ0) is 14.5. The topological polar surface area (TPSA) is 47.3 Å². The van der Waals surface area contributed by atoms with E-state index in [9.17, 15) is 0 Å². The van der Waals surface area contributed by atoms with Crippen LogP contribution in [0.1, 0.15) is 13.3 Å². The zero-order valence-electron chi connectivity index (χ0n) is 11.1. The molecule has 5 heteroatoms. The molecule has 0 aromatic heterocycles. The number of ether oxygens (including phenoxy) is 1. The molecule has 2 aromatic carbocycles. The Kier molecular flexibility index (Phi) is 5.15. The molecule has 0 saturated carbocycles. The average molecular weight is 356 g/mol. The van der Waals surface area contributed by atoms with Crippen LogP contribution in [0.3, 0.4) is 0 Å². The van der Waals surface area contributed by atoms with Crippen LogP contribution in [-0.2, 0) is 0 Å². The number of hydrogen-bond donors (Lipinski definition) is 2. The van der Waals surface area contributed by atoms with Gasteiger partial charge in [0.05, 0.1) is 23.0 Å². The molecule has 0 unspecified atom stereocenters. The number of rotatable bonds is 5. The van der Waals surface area contributed by atoms with E-state index in [4.69, 9.17) is 22.1 Å². The van der Waals surface area contributed by atoms with Crippen molar-refractivity contribution in [3.8, 4) is 5.75 Å². The summed E-state index contributed by atoms with van der Waals surface area (Å²) in [6.07, 6.45) is 0.944. The fraction of sp³-hybridized carbons (Fsp3) is 0.200. The van der Waals surface area contributed by atoms with Gasteiger partial charge in [0.25, 0.3) is 0 Å². The fourth-order valence-electron chi connectivity index (χ4n) is 1.72. The Hall–Kier alpha value is -1.39. The predicted octanol–water partition coefficient (Wildman–Crippen LogP) is 5.22. The molecular formula is C15H16BrClN2O. The Morgan fingerprint density at radius 2 is 2.10 bits per heavy atom. The van der Waals surface area contributed by atoms with Crippen LogP contribution in [0.2, 0.25) is 5.02 Å². The molecular weight excluding hydrogens is 340 g/mol. The maximum absolute atomic E-state index is 6.11. The molecule has 0 atom stereocenters. The van der Waals surface area contributed by atoms with Gasteiger partial charge in [0.1, 0.15) is 5.75 Å². The third kappa shape index (κ3) is 3.58. The fourth-order valence-corrected chi connectivity index (χ4v) is 2.15. The molecule has 0 heterocycles. The number of benzene rings is 2. The van der Waals surface area contributed by atoms with Gasteiger partial charge in [0, 0.05) is 10.2 Å². The first-order valence-electron chi connectivity index (χ1n) is 6.35. The summed E-state index contributed by atoms with van der Waals surface area (Å²) in [7, 11) is 0. The highest BCUT2D eigenvalue weighted by Crippen LogP contribution is 2.33. The highest BCUT2D eigenvalue weighted by molar-refractivity contribution is 9.10. The molecule has 0 spiro atoms. The number of nitrogens with two attached hydrogens (primary N) is 1. The summed E-state index contributed by atoms with van der Waals surface area (Å²) in [6, 6.07) is 11.3. The van der Waals surface area contributed by atoms with Gasteiger partial charge < -0.3 is 15.8 Å². The normalized spacial score (nSPS) is 10.3. The van der Waals surface area contributed by atoms with Gasteiger partial charge in [-0.25, -0.2) is 0 Å². The van der Waals surface area contributed by atoms with Crippen molar-refractivity contribution in [3.63, 3.8) is 0 Å². The number of nitrogens with one attached hydrogen (secondary N) is 1. The van der Waals surface area contributed by atoms with E-state index in [1.54, 1.807) is 0 Å². The highest BCUT2D eigenvalue weighted by Gasteiger charge is 2.07. The lowest BCUT2D eigenvalue weighted by Gasteiger charge is -2.14. The standard InChI is InChI=1S/C15H16BrClN2O/c1-2-8-20-14-5-3-4-13(15(14)18)19-10-6-7-11(16)12(17)9-10/h3-7,9,19H,2,8,18H2,1H3. The Morgan fingerprint density at radius 1 is 1.30 bits per heavy atom. The van der Waals surface area contributed by atoms with Crippen molar-refractivity contribution in [2.75, 3.05) is 17.7 Å². The van der Waals surface area contributed by atoms with Gasteiger partial charge in [-0.3, -0.25) is 0 Å². The van der Waals surface area contributed by atoms with E-state index in [0.717, 1.165) is 22.3 Å². The highest BCUT2D eigenvalue weighted by atomic mass is 79.9. The Morgan fingerprint density at radius 3 is 2.80 bits per heavy atom. The second kappa shape index (κ2) is 6.86. The van der Waals surface area contributed by atoms with Crippen LogP contribution in [0.4, 0.5) is 17.1 Å². The van der Waals surface area contributed by atoms with E-state index < -0.39 is 0 Å². The summed E-state index contributed by atoms with van der Waals surface area (Å²) in [4.78, 5) is 0. The van der Waals surface area contributed by atoms with Crippen molar-refractivity contribution < 1.29 is 4.74 Å². The number of anilines is 3. The number of nitrogen functional groups attached to an aromatic ring is 1. The van der Waals surface area contributed by atoms with Crippen LogP contribution in [0.25, 0.3) is 0 Å². The van der Waals surface area contributed by atoms with Crippen molar-refractivity contribution in [2.24, 2.45) is 0 Å². The predicted molar refractivity (Wildman–Crippen MR) is 89.1 cm³/mol. The summed E-state index contributed by atoms with van der Waals surface area (Å²) in [6.45, 7) is 2.71. The molecule has 0 fully saturated rings. The molecule has 0 aliphatic carbocycles. The lowest BCUT2D eigenvalue weighted by Crippen LogP contribution is -2.02. The monoisotopic (exact) mass is 354 g/mol. The molecule has 2 rings (SSSR count). The van der Waals surface area contributed by atoms with Gasteiger partial charge in [-0.2, -0.15) is 0 Å². The molecule has 20 heavy (non-hydrogen) atoms. The smallest absolute Gasteiger partial charge is 0.144 e. The van der Waals surface area contributed by atoms with Crippen LogP contribution in [-0.4, -0.2) is 6.61 Å². The first-order valence-corrected chi connectivity index (χ1v) is 7.52. The number of hydrogen-bond acceptors (Lipinski definition) is 3. The second-order valence-electron chi connectivity index (χ2n) is 4.32. The molecule has 106 valence electrons. The molecule has 0 saturated heterocycles. The van der Waals surface area contributed by atoms with Crippen LogP contribution in [0.15, 0.2) is 40.9 Å². The molecule has 0 aliphatic rings. The van der Waals surface area contributed by atoms with E-state index in [1.165, 1.54) is 0 Å². The molecule has 2 aromatic rings. The van der Waals surface area contributed by atoms with Crippen LogP contribution < -0.4 is 15.8 Å². The van der Waals surface area contributed by atoms with Gasteiger partial charge in [0.2, 0.25) is 0 Å². The molecule has 0 bridgehead atoms. The molecule has 3 nitrogen and oxygen atoms in total. The number of para-hydroxylation sites is 1. The third-order valence-electron chi connectivity index (χ3n) is 2.73. The Bertz CT molecular complexity index is 604. The zero-order valence-corrected chi connectivity index (χ0v) is 13.5. The first kappa shape index (κ1) is 15.0. The van der Waals surface area contributed by atoms with Crippen LogP contribution in [0, 0.1) is 0 Å². The summed E-state index contributed by atoms with van der Waals surface area (Å²) in [5.41, 5.74) is 8.38. The van der Waals surface area contributed by atoms with E-state index in [0.29, 0.717) is 23.1 Å². The minimum Gasteiger partial charge on any atom is -0.491 e. The quantitative estimate of drug-likeness (QED) is 0.723. The van der Waals surface area contributed by atoms with E-state index in [-0.39, 0.29) is 0 Å². The van der Waals surface area contributed by atoms with Gasteiger partial charge >= 0.3 is 0 Å².